The molecular weight excluding hydrogens is 338 g/mol. The minimum absolute atomic E-state index is 0.0300. The maximum Gasteiger partial charge on any atom is 0.321 e. The number of anilines is 1. The maximum absolute atomic E-state index is 12.6. The number of likely N-dealkylation sites (tertiary alicyclic amines) is 1. The largest absolute Gasteiger partial charge is 0.338 e. The first-order valence-corrected chi connectivity index (χ1v) is 9.41. The average Bonchev–Trinajstić information content (AvgIpc) is 3.03. The van der Waals surface area contributed by atoms with E-state index in [0.717, 1.165) is 64.7 Å². The fourth-order valence-electron chi connectivity index (χ4n) is 3.74. The van der Waals surface area contributed by atoms with E-state index in [0.29, 0.717) is 5.92 Å². The fourth-order valence-corrected chi connectivity index (χ4v) is 3.74. The van der Waals surface area contributed by atoms with Gasteiger partial charge in [0.15, 0.2) is 5.65 Å². The Kier molecular flexibility index (Phi) is 3.70. The van der Waals surface area contributed by atoms with Gasteiger partial charge in [-0.3, -0.25) is 0 Å². The lowest BCUT2D eigenvalue weighted by molar-refractivity contribution is 0.186. The Morgan fingerprint density at radius 1 is 1.11 bits per heavy atom. The zero-order valence-electron chi connectivity index (χ0n) is 15.2. The zero-order valence-corrected chi connectivity index (χ0v) is 15.2. The minimum atomic E-state index is -0.0300. The molecule has 0 bridgehead atoms. The molecular formula is C21H21N5O. The number of aromatic nitrogens is 3. The molecule has 1 aliphatic heterocycles. The van der Waals surface area contributed by atoms with E-state index in [4.69, 9.17) is 4.98 Å². The number of carbonyl (C=O) groups excluding carboxylic acids is 1. The molecule has 136 valence electrons. The average molecular weight is 359 g/mol. The van der Waals surface area contributed by atoms with E-state index in [9.17, 15) is 4.79 Å². The van der Waals surface area contributed by atoms with Gasteiger partial charge in [0.1, 0.15) is 5.52 Å². The summed E-state index contributed by atoms with van der Waals surface area (Å²) in [7, 11) is 0. The van der Waals surface area contributed by atoms with Crippen LogP contribution < -0.4 is 5.32 Å². The highest BCUT2D eigenvalue weighted by molar-refractivity contribution is 6.07. The third-order valence-corrected chi connectivity index (χ3v) is 5.42. The van der Waals surface area contributed by atoms with Crippen LogP contribution >= 0.6 is 0 Å². The first kappa shape index (κ1) is 16.1. The smallest absolute Gasteiger partial charge is 0.321 e. The van der Waals surface area contributed by atoms with E-state index in [1.54, 1.807) is 0 Å². The number of nitrogens with one attached hydrogen (secondary N) is 2. The second kappa shape index (κ2) is 6.23. The van der Waals surface area contributed by atoms with Gasteiger partial charge in [-0.15, -0.1) is 0 Å². The van der Waals surface area contributed by atoms with E-state index in [1.807, 2.05) is 47.4 Å². The summed E-state index contributed by atoms with van der Waals surface area (Å²) in [6.07, 6.45) is 2.13. The number of H-pyrrole nitrogens is 1. The van der Waals surface area contributed by atoms with Gasteiger partial charge in [0.05, 0.1) is 11.0 Å². The number of nitrogens with zero attached hydrogens (tertiary/aromatic N) is 3. The quantitative estimate of drug-likeness (QED) is 0.524. The third kappa shape index (κ3) is 2.87. The lowest BCUT2D eigenvalue weighted by Gasteiger charge is -2.30. The summed E-state index contributed by atoms with van der Waals surface area (Å²) in [6.45, 7) is 3.88. The van der Waals surface area contributed by atoms with Gasteiger partial charge in [0.25, 0.3) is 0 Å². The SMILES string of the molecule is CC1CCN(C(=O)Nc2ccc3[nH]c4nc5ccccc5nc4c3c2)CC1. The van der Waals surface area contributed by atoms with Crippen LogP contribution in [0.2, 0.25) is 0 Å². The monoisotopic (exact) mass is 359 g/mol. The standard InChI is InChI=1S/C21H21N5O/c1-13-8-10-26(11-9-13)21(27)22-14-6-7-16-15(12-14)19-20(24-16)25-18-5-3-2-4-17(18)23-19/h2-7,12-13H,8-11H2,1H3,(H,22,27)(H,24,25). The number of aromatic amines is 1. The van der Waals surface area contributed by atoms with Crippen LogP contribution in [0.5, 0.6) is 0 Å². The predicted octanol–water partition coefficient (Wildman–Crippen LogP) is 4.53. The van der Waals surface area contributed by atoms with Crippen LogP contribution in [0.4, 0.5) is 10.5 Å². The van der Waals surface area contributed by atoms with E-state index in [2.05, 4.69) is 22.2 Å². The summed E-state index contributed by atoms with van der Waals surface area (Å²) >= 11 is 0. The van der Waals surface area contributed by atoms with Crippen LogP contribution in [0.15, 0.2) is 42.5 Å². The van der Waals surface area contributed by atoms with Crippen molar-refractivity contribution in [3.05, 3.63) is 42.5 Å². The molecule has 1 fully saturated rings. The number of benzene rings is 2. The van der Waals surface area contributed by atoms with Gasteiger partial charge < -0.3 is 15.2 Å². The topological polar surface area (TPSA) is 73.9 Å². The molecule has 2 aromatic carbocycles. The van der Waals surface area contributed by atoms with Crippen molar-refractivity contribution in [3.63, 3.8) is 0 Å². The number of hydrogen-bond acceptors (Lipinski definition) is 3. The molecule has 0 radical (unpaired) electrons. The highest BCUT2D eigenvalue weighted by atomic mass is 16.2. The highest BCUT2D eigenvalue weighted by Gasteiger charge is 2.20. The van der Waals surface area contributed by atoms with Crippen molar-refractivity contribution >= 4 is 44.8 Å². The third-order valence-electron chi connectivity index (χ3n) is 5.42. The number of hydrogen-bond donors (Lipinski definition) is 2. The molecule has 0 saturated carbocycles. The number of carbonyl (C=O) groups is 1. The number of rotatable bonds is 1. The van der Waals surface area contributed by atoms with Crippen LogP contribution in [0.1, 0.15) is 19.8 Å². The second-order valence-electron chi connectivity index (χ2n) is 7.39. The van der Waals surface area contributed by atoms with Gasteiger partial charge in [-0.25, -0.2) is 14.8 Å². The molecule has 27 heavy (non-hydrogen) atoms. The molecule has 0 aliphatic carbocycles. The van der Waals surface area contributed by atoms with Gasteiger partial charge in [-0.05, 0) is 49.1 Å². The fraction of sp³-hybridized carbons (Fsp3) is 0.286. The Morgan fingerprint density at radius 3 is 2.63 bits per heavy atom. The number of para-hydroxylation sites is 2. The van der Waals surface area contributed by atoms with Crippen molar-refractivity contribution in [2.45, 2.75) is 19.8 Å². The molecule has 4 aromatic rings. The highest BCUT2D eigenvalue weighted by Crippen LogP contribution is 2.27. The summed E-state index contributed by atoms with van der Waals surface area (Å²) in [5.41, 5.74) is 5.06. The Morgan fingerprint density at radius 2 is 1.85 bits per heavy atom. The number of amides is 2. The zero-order chi connectivity index (χ0) is 18.4. The summed E-state index contributed by atoms with van der Waals surface area (Å²) in [5, 5.41) is 4.00. The lowest BCUT2D eigenvalue weighted by atomic mass is 10.00. The lowest BCUT2D eigenvalue weighted by Crippen LogP contribution is -2.40. The van der Waals surface area contributed by atoms with E-state index in [-0.39, 0.29) is 6.03 Å². The summed E-state index contributed by atoms with van der Waals surface area (Å²) < 4.78 is 0. The minimum Gasteiger partial charge on any atom is -0.338 e. The molecule has 6 nitrogen and oxygen atoms in total. The van der Waals surface area contributed by atoms with E-state index >= 15 is 0 Å². The summed E-state index contributed by atoms with van der Waals surface area (Å²) in [4.78, 5) is 27.2. The van der Waals surface area contributed by atoms with Crippen LogP contribution in [-0.4, -0.2) is 39.0 Å². The van der Waals surface area contributed by atoms with Crippen molar-refractivity contribution in [1.29, 1.82) is 0 Å². The molecule has 2 N–H and O–H groups in total. The molecule has 0 spiro atoms. The molecule has 1 aliphatic rings. The van der Waals surface area contributed by atoms with Gasteiger partial charge >= 0.3 is 6.03 Å². The van der Waals surface area contributed by atoms with E-state index in [1.165, 1.54) is 0 Å². The van der Waals surface area contributed by atoms with Gasteiger partial charge in [0.2, 0.25) is 0 Å². The summed E-state index contributed by atoms with van der Waals surface area (Å²) in [5.74, 6) is 0.699. The maximum atomic E-state index is 12.6. The summed E-state index contributed by atoms with van der Waals surface area (Å²) in [6, 6.07) is 13.7. The predicted molar refractivity (Wildman–Crippen MR) is 108 cm³/mol. The van der Waals surface area contributed by atoms with Crippen LogP contribution in [0, 0.1) is 5.92 Å². The van der Waals surface area contributed by atoms with Crippen molar-refractivity contribution in [2.24, 2.45) is 5.92 Å². The van der Waals surface area contributed by atoms with Crippen molar-refractivity contribution in [2.75, 3.05) is 18.4 Å². The van der Waals surface area contributed by atoms with Crippen molar-refractivity contribution in [3.8, 4) is 0 Å². The molecule has 1 saturated heterocycles. The number of piperidine rings is 1. The molecule has 0 atom stereocenters. The van der Waals surface area contributed by atoms with E-state index < -0.39 is 0 Å². The Balaban J connectivity index is 1.49. The van der Waals surface area contributed by atoms with Crippen LogP contribution in [0.25, 0.3) is 33.1 Å². The molecule has 2 amide bonds. The second-order valence-corrected chi connectivity index (χ2v) is 7.39. The molecule has 0 unspecified atom stereocenters. The van der Waals surface area contributed by atoms with Gasteiger partial charge in [-0.2, -0.15) is 0 Å². The van der Waals surface area contributed by atoms with Crippen LogP contribution in [0.3, 0.4) is 0 Å². The normalized spacial score (nSPS) is 15.7. The molecule has 3 heterocycles. The number of fused-ring (bicyclic) bond motifs is 4. The molecule has 6 heteroatoms. The molecule has 5 rings (SSSR count). The Labute approximate surface area is 156 Å². The van der Waals surface area contributed by atoms with Crippen molar-refractivity contribution in [1.82, 2.24) is 19.9 Å². The Bertz CT molecular complexity index is 1160. The first-order chi connectivity index (χ1) is 13.2. The first-order valence-electron chi connectivity index (χ1n) is 9.41. The van der Waals surface area contributed by atoms with Crippen molar-refractivity contribution < 1.29 is 4.79 Å². The number of urea groups is 1. The van der Waals surface area contributed by atoms with Gasteiger partial charge in [-0.1, -0.05) is 19.1 Å². The van der Waals surface area contributed by atoms with Gasteiger partial charge in [0, 0.05) is 29.7 Å². The van der Waals surface area contributed by atoms with Crippen LogP contribution in [-0.2, 0) is 0 Å². The Hall–Kier alpha value is -3.15. The molecule has 2 aromatic heterocycles.